The fourth-order valence-corrected chi connectivity index (χ4v) is 8.18. The molecule has 10 aromatic heterocycles. The van der Waals surface area contributed by atoms with Crippen LogP contribution in [0.5, 0.6) is 0 Å². The van der Waals surface area contributed by atoms with Crippen LogP contribution in [0.2, 0.25) is 0 Å². The number of pyridine rings is 4. The number of imidazole rings is 2. The largest absolute Gasteiger partial charge is 0.472 e. The van der Waals surface area contributed by atoms with Crippen LogP contribution in [0.3, 0.4) is 0 Å². The second-order valence-electron chi connectivity index (χ2n) is 15.2. The van der Waals surface area contributed by atoms with Crippen molar-refractivity contribution in [1.29, 1.82) is 0 Å². The summed E-state index contributed by atoms with van der Waals surface area (Å²) in [6, 6.07) is 22.0. The van der Waals surface area contributed by atoms with Crippen molar-refractivity contribution in [3.05, 3.63) is 128 Å². The van der Waals surface area contributed by atoms with Gasteiger partial charge in [0.1, 0.15) is 45.8 Å². The molecule has 2 aromatic carbocycles. The van der Waals surface area contributed by atoms with Gasteiger partial charge in [-0.1, -0.05) is 13.0 Å². The molecule has 0 unspecified atom stereocenters. The number of anilines is 1. The second kappa shape index (κ2) is 14.5. The molecular formula is C47H34N14O2. The van der Waals surface area contributed by atoms with Gasteiger partial charge in [0.2, 0.25) is 0 Å². The molecule has 0 amide bonds. The molecule has 7 N–H and O–H groups in total. The Hall–Kier alpha value is -8.76. The van der Waals surface area contributed by atoms with E-state index in [4.69, 9.17) is 39.7 Å². The van der Waals surface area contributed by atoms with Crippen molar-refractivity contribution in [2.24, 2.45) is 0 Å². The summed E-state index contributed by atoms with van der Waals surface area (Å²) in [5.41, 5.74) is 21.3. The van der Waals surface area contributed by atoms with Crippen LogP contribution in [0.25, 0.3) is 123 Å². The number of nitrogens with two attached hydrogens (primary N) is 1. The normalized spacial score (nSPS) is 11.8. The molecule has 0 aliphatic heterocycles. The zero-order valence-electron chi connectivity index (χ0n) is 33.4. The van der Waals surface area contributed by atoms with E-state index in [1.54, 1.807) is 43.6 Å². The lowest BCUT2D eigenvalue weighted by molar-refractivity contribution is 0.568. The van der Waals surface area contributed by atoms with Gasteiger partial charge in [-0.3, -0.25) is 30.1 Å². The summed E-state index contributed by atoms with van der Waals surface area (Å²) in [6.07, 6.45) is 15.6. The van der Waals surface area contributed by atoms with Crippen LogP contribution < -0.4 is 11.1 Å². The first-order valence-electron chi connectivity index (χ1n) is 20.2. The minimum atomic E-state index is 0.543. The molecule has 10 heterocycles. The van der Waals surface area contributed by atoms with Gasteiger partial charge in [0.05, 0.1) is 40.3 Å². The van der Waals surface area contributed by atoms with E-state index in [0.29, 0.717) is 56.9 Å². The topological polar surface area (TPSA) is 231 Å². The lowest BCUT2D eigenvalue weighted by atomic mass is 9.98. The van der Waals surface area contributed by atoms with Gasteiger partial charge in [-0.2, -0.15) is 10.2 Å². The van der Waals surface area contributed by atoms with Crippen molar-refractivity contribution in [2.75, 3.05) is 12.3 Å². The summed E-state index contributed by atoms with van der Waals surface area (Å²) in [4.78, 5) is 35.3. The predicted octanol–water partition coefficient (Wildman–Crippen LogP) is 9.32. The fourth-order valence-electron chi connectivity index (χ4n) is 8.18. The molecule has 0 atom stereocenters. The van der Waals surface area contributed by atoms with Crippen molar-refractivity contribution in [1.82, 2.24) is 65.6 Å². The number of nitrogen functional groups attached to an aromatic ring is 1. The summed E-state index contributed by atoms with van der Waals surface area (Å²) in [5.74, 6) is 1.77. The monoisotopic (exact) mass is 826 g/mol. The number of aromatic nitrogens is 12. The van der Waals surface area contributed by atoms with Gasteiger partial charge >= 0.3 is 0 Å². The molecule has 16 heteroatoms. The standard InChI is InChI=1S/C47H34N14O2/c1-2-49-17-24-11-28(19-50-18-24)25-3-4-35-32(13-25)42(60-58-35)46-54-37-6-9-53-40(45(37)57-46)30-16-38(63-23-30)33-14-27(29-12-31(48)21-51-20-29)15-34-41(33)59-61-43(34)47-55-36-5-8-52-39(44(36)56-47)26-7-10-62-22-26/h3-16,18-23,49H,2,17,48H2,1H3,(H,54,57)(H,55,56)(H,58,60)(H,59,61). The number of aromatic amines is 4. The van der Waals surface area contributed by atoms with Crippen molar-refractivity contribution < 1.29 is 8.83 Å². The van der Waals surface area contributed by atoms with E-state index < -0.39 is 0 Å². The molecule has 12 aromatic rings. The van der Waals surface area contributed by atoms with Crippen LogP contribution in [0.1, 0.15) is 12.5 Å². The summed E-state index contributed by atoms with van der Waals surface area (Å²) >= 11 is 0. The maximum absolute atomic E-state index is 6.39. The zero-order valence-corrected chi connectivity index (χ0v) is 33.4. The smallest absolute Gasteiger partial charge is 0.159 e. The van der Waals surface area contributed by atoms with E-state index in [0.717, 1.165) is 90.4 Å². The Morgan fingerprint density at radius 2 is 1.35 bits per heavy atom. The minimum Gasteiger partial charge on any atom is -0.472 e. The maximum atomic E-state index is 6.39. The first kappa shape index (κ1) is 36.1. The van der Waals surface area contributed by atoms with Crippen LogP contribution in [-0.4, -0.2) is 66.8 Å². The van der Waals surface area contributed by atoms with E-state index in [9.17, 15) is 0 Å². The van der Waals surface area contributed by atoms with Gasteiger partial charge in [-0.15, -0.1) is 0 Å². The van der Waals surface area contributed by atoms with Gasteiger partial charge in [0.15, 0.2) is 11.6 Å². The van der Waals surface area contributed by atoms with Gasteiger partial charge in [-0.05, 0) is 83.9 Å². The summed E-state index contributed by atoms with van der Waals surface area (Å²) in [7, 11) is 0. The molecule has 0 aliphatic carbocycles. The zero-order chi connectivity index (χ0) is 42.0. The number of hydrogen-bond donors (Lipinski definition) is 6. The molecule has 12 rings (SSSR count). The number of hydrogen-bond acceptors (Lipinski definition) is 12. The number of furan rings is 2. The van der Waals surface area contributed by atoms with Gasteiger partial charge in [0.25, 0.3) is 0 Å². The van der Waals surface area contributed by atoms with Crippen LogP contribution in [-0.2, 0) is 6.54 Å². The molecular weight excluding hydrogens is 793 g/mol. The third kappa shape index (κ3) is 6.19. The molecule has 304 valence electrons. The highest BCUT2D eigenvalue weighted by atomic mass is 16.3. The maximum Gasteiger partial charge on any atom is 0.159 e. The fraction of sp³-hybridized carbons (Fsp3) is 0.0638. The average Bonchev–Trinajstić information content (AvgIpc) is 4.18. The van der Waals surface area contributed by atoms with Crippen LogP contribution in [0.15, 0.2) is 132 Å². The van der Waals surface area contributed by atoms with E-state index in [-0.39, 0.29) is 0 Å². The Kier molecular flexibility index (Phi) is 8.29. The minimum absolute atomic E-state index is 0.543. The molecule has 0 spiro atoms. The van der Waals surface area contributed by atoms with Gasteiger partial charge < -0.3 is 29.9 Å². The number of nitrogens with zero attached hydrogens (tertiary/aromatic N) is 8. The van der Waals surface area contributed by atoms with Crippen LogP contribution in [0.4, 0.5) is 5.69 Å². The van der Waals surface area contributed by atoms with Crippen molar-refractivity contribution in [3.63, 3.8) is 0 Å². The summed E-state index contributed by atoms with van der Waals surface area (Å²) < 4.78 is 11.7. The summed E-state index contributed by atoms with van der Waals surface area (Å²) in [5, 5.41) is 21.1. The number of H-pyrrole nitrogens is 4. The van der Waals surface area contributed by atoms with Crippen molar-refractivity contribution in [3.8, 4) is 79.1 Å². The van der Waals surface area contributed by atoms with Crippen molar-refractivity contribution >= 4 is 49.6 Å². The number of benzene rings is 2. The predicted molar refractivity (Wildman–Crippen MR) is 241 cm³/mol. The molecule has 0 saturated carbocycles. The first-order valence-corrected chi connectivity index (χ1v) is 20.2. The number of rotatable bonds is 10. The quantitative estimate of drug-likeness (QED) is 0.0757. The molecule has 0 fully saturated rings. The SMILES string of the molecule is CCNCc1cncc(-c2ccc3[nH]nc(-c4nc5c(-c6coc(-c7cc(-c8cncc(N)c8)cc8c(-c9nc%10c(-c%11ccoc%11)nccc%10[nH]9)n[nH]c78)c6)nccc5[nH]4)c3c2)c1. The molecule has 0 saturated heterocycles. The third-order valence-corrected chi connectivity index (χ3v) is 11.2. The molecule has 0 radical (unpaired) electrons. The van der Waals surface area contributed by atoms with E-state index in [1.807, 2.05) is 54.9 Å². The molecule has 0 aliphatic rings. The summed E-state index contributed by atoms with van der Waals surface area (Å²) in [6.45, 7) is 3.73. The highest BCUT2D eigenvalue weighted by Gasteiger charge is 2.23. The highest BCUT2D eigenvalue weighted by molar-refractivity contribution is 6.04. The highest BCUT2D eigenvalue weighted by Crippen LogP contribution is 2.41. The Morgan fingerprint density at radius 3 is 2.11 bits per heavy atom. The lowest BCUT2D eigenvalue weighted by Gasteiger charge is -2.07. The van der Waals surface area contributed by atoms with Gasteiger partial charge in [-0.25, -0.2) is 9.97 Å². The molecule has 0 bridgehead atoms. The Balaban J connectivity index is 0.940. The first-order chi connectivity index (χ1) is 31.0. The Morgan fingerprint density at radius 1 is 0.619 bits per heavy atom. The second-order valence-corrected chi connectivity index (χ2v) is 15.2. The van der Waals surface area contributed by atoms with Crippen LogP contribution >= 0.6 is 0 Å². The Bertz CT molecular complexity index is 3670. The lowest BCUT2D eigenvalue weighted by Crippen LogP contribution is -2.11. The third-order valence-electron chi connectivity index (χ3n) is 11.2. The van der Waals surface area contributed by atoms with Crippen LogP contribution in [0, 0.1) is 0 Å². The van der Waals surface area contributed by atoms with Gasteiger partial charge in [0, 0.05) is 82.3 Å². The van der Waals surface area contributed by atoms with E-state index >= 15 is 0 Å². The Labute approximate surface area is 356 Å². The van der Waals surface area contributed by atoms with E-state index in [2.05, 4.69) is 71.6 Å². The van der Waals surface area contributed by atoms with Crippen molar-refractivity contribution in [2.45, 2.75) is 13.5 Å². The number of fused-ring (bicyclic) bond motifs is 4. The number of nitrogens with one attached hydrogen (secondary N) is 5. The molecule has 16 nitrogen and oxygen atoms in total. The average molecular weight is 827 g/mol. The van der Waals surface area contributed by atoms with E-state index in [1.165, 1.54) is 0 Å². The molecule has 63 heavy (non-hydrogen) atoms.